The van der Waals surface area contributed by atoms with E-state index in [1.54, 1.807) is 34.8 Å². The minimum Gasteiger partial charge on any atom is -0.275 e. The van der Waals surface area contributed by atoms with E-state index in [1.165, 1.54) is 12.2 Å². The van der Waals surface area contributed by atoms with Crippen molar-refractivity contribution in [3.8, 4) is 12.3 Å². The van der Waals surface area contributed by atoms with E-state index >= 15 is 0 Å². The Morgan fingerprint density at radius 1 is 1.34 bits per heavy atom. The molecule has 1 aliphatic heterocycles. The van der Waals surface area contributed by atoms with E-state index in [0.717, 1.165) is 17.7 Å². The average Bonchev–Trinajstić information content (AvgIpc) is 3.69. The van der Waals surface area contributed by atoms with Gasteiger partial charge < -0.3 is 0 Å². The lowest BCUT2D eigenvalue weighted by Crippen LogP contribution is -2.52. The third-order valence-electron chi connectivity index (χ3n) is 6.24. The Morgan fingerprint density at radius 2 is 2.09 bits per heavy atom. The second kappa shape index (κ2) is 7.25. The smallest absolute Gasteiger partial charge is 0.275 e. The number of aryl methyl sites for hydroxylation is 1. The predicted octanol–water partition coefficient (Wildman–Crippen LogP) is 0.696. The molecule has 2 saturated carbocycles. The van der Waals surface area contributed by atoms with Crippen LogP contribution in [0.5, 0.6) is 0 Å². The lowest BCUT2D eigenvalue weighted by molar-refractivity contribution is -0.440. The van der Waals surface area contributed by atoms with Crippen LogP contribution in [0.1, 0.15) is 31.2 Å². The molecule has 1 aromatic heterocycles. The number of amides is 3. The fourth-order valence-electron chi connectivity index (χ4n) is 4.02. The zero-order valence-corrected chi connectivity index (χ0v) is 18.5. The summed E-state index contributed by atoms with van der Waals surface area (Å²) < 4.78 is 31.7. The topological polar surface area (TPSA) is 104 Å². The van der Waals surface area contributed by atoms with Crippen molar-refractivity contribution in [1.82, 2.24) is 19.4 Å². The summed E-state index contributed by atoms with van der Waals surface area (Å²) in [6.45, 7) is 0.569. The third-order valence-corrected chi connectivity index (χ3v) is 7.92. The van der Waals surface area contributed by atoms with Crippen molar-refractivity contribution in [1.29, 1.82) is 0 Å². The van der Waals surface area contributed by atoms with E-state index in [4.69, 9.17) is 6.42 Å². The molecule has 5 rings (SSSR count). The van der Waals surface area contributed by atoms with Crippen molar-refractivity contribution in [3.05, 3.63) is 41.8 Å². The van der Waals surface area contributed by atoms with Crippen molar-refractivity contribution in [2.45, 2.75) is 43.0 Å². The Kier molecular flexibility index (Phi) is 4.72. The lowest BCUT2D eigenvalue weighted by Gasteiger charge is -2.26. The van der Waals surface area contributed by atoms with E-state index in [2.05, 4.69) is 15.7 Å². The number of hydrogen-bond donors (Lipinski definition) is 1. The van der Waals surface area contributed by atoms with Crippen molar-refractivity contribution in [2.75, 3.05) is 6.54 Å². The van der Waals surface area contributed by atoms with Crippen LogP contribution in [0.15, 0.2) is 36.2 Å². The SMILES string of the molecule is C#CC1(NS(=O)(=O)C2C=CC3=[N+](CC4CC4)C(=O)N(Cc4cnn(C)c4)C(=O)C3=C2)CC1. The van der Waals surface area contributed by atoms with Crippen LogP contribution in [0, 0.1) is 18.3 Å². The minimum atomic E-state index is -3.84. The number of urea groups is 1. The average molecular weight is 455 g/mol. The zero-order valence-electron chi connectivity index (χ0n) is 17.7. The molecule has 2 heterocycles. The highest BCUT2D eigenvalue weighted by atomic mass is 32.2. The fourth-order valence-corrected chi connectivity index (χ4v) is 5.57. The Balaban J connectivity index is 1.50. The number of aromatic nitrogens is 2. The van der Waals surface area contributed by atoms with Gasteiger partial charge in [-0.25, -0.2) is 13.2 Å². The van der Waals surface area contributed by atoms with Gasteiger partial charge in [-0.3, -0.25) is 4.68 Å². The third kappa shape index (κ3) is 3.72. The number of carbonyl (C=O) groups excluding carboxylic acids is 2. The first-order valence-corrected chi connectivity index (χ1v) is 12.1. The Hall–Kier alpha value is -3.03. The summed E-state index contributed by atoms with van der Waals surface area (Å²) in [5.74, 6) is 2.40. The van der Waals surface area contributed by atoms with Gasteiger partial charge in [-0.05, 0) is 43.8 Å². The predicted molar refractivity (Wildman–Crippen MR) is 116 cm³/mol. The summed E-state index contributed by atoms with van der Waals surface area (Å²) in [7, 11) is -2.08. The van der Waals surface area contributed by atoms with Crippen LogP contribution < -0.4 is 4.72 Å². The molecule has 0 aromatic carbocycles. The molecule has 0 radical (unpaired) electrons. The number of sulfonamides is 1. The Bertz CT molecular complexity index is 1260. The van der Waals surface area contributed by atoms with Crippen molar-refractivity contribution >= 4 is 27.7 Å². The van der Waals surface area contributed by atoms with Gasteiger partial charge in [-0.15, -0.1) is 6.42 Å². The van der Waals surface area contributed by atoms with Crippen molar-refractivity contribution in [2.24, 2.45) is 13.0 Å². The van der Waals surface area contributed by atoms with Crippen LogP contribution in [-0.2, 0) is 28.4 Å². The molecule has 10 heteroatoms. The number of fused-ring (bicyclic) bond motifs is 1. The summed E-state index contributed by atoms with van der Waals surface area (Å²) in [5, 5.41) is 3.05. The maximum absolute atomic E-state index is 13.3. The summed E-state index contributed by atoms with van der Waals surface area (Å²) in [6.07, 6.45) is 16.6. The van der Waals surface area contributed by atoms with Gasteiger partial charge in [0.1, 0.15) is 23.1 Å². The van der Waals surface area contributed by atoms with E-state index in [1.807, 2.05) is 0 Å². The number of carbonyl (C=O) groups is 2. The van der Waals surface area contributed by atoms with Crippen LogP contribution >= 0.6 is 0 Å². The molecule has 9 nitrogen and oxygen atoms in total. The molecule has 2 fully saturated rings. The van der Waals surface area contributed by atoms with Gasteiger partial charge >= 0.3 is 11.9 Å². The van der Waals surface area contributed by atoms with E-state index < -0.39 is 32.8 Å². The monoisotopic (exact) mass is 454 g/mol. The maximum atomic E-state index is 13.3. The highest BCUT2D eigenvalue weighted by Crippen LogP contribution is 2.36. The first kappa shape index (κ1) is 20.8. The summed E-state index contributed by atoms with van der Waals surface area (Å²) in [5.41, 5.74) is 0.564. The largest absolute Gasteiger partial charge is 0.501 e. The number of imide groups is 1. The number of terminal acetylenes is 1. The molecule has 32 heavy (non-hydrogen) atoms. The van der Waals surface area contributed by atoms with Gasteiger partial charge in [0.15, 0.2) is 0 Å². The molecule has 0 saturated heterocycles. The molecular weight excluding hydrogens is 430 g/mol. The second-order valence-corrected chi connectivity index (χ2v) is 10.8. The first-order valence-electron chi connectivity index (χ1n) is 10.6. The standard InChI is InChI=1S/C22H24N5O4S/c1-3-22(8-9-22)24-32(30,31)17-6-7-19-18(10-17)20(28)27(14-16-11-23-25(2)12-16)21(29)26(19)13-15-4-5-15/h1,6-7,10-12,15,17,24H,4-5,8-9,13-14H2,2H3/q+1. The quantitative estimate of drug-likeness (QED) is 0.482. The van der Waals surface area contributed by atoms with Gasteiger partial charge in [0, 0.05) is 18.8 Å². The van der Waals surface area contributed by atoms with Crippen molar-refractivity contribution < 1.29 is 22.6 Å². The van der Waals surface area contributed by atoms with Crippen LogP contribution in [0.2, 0.25) is 0 Å². The second-order valence-electron chi connectivity index (χ2n) is 8.91. The molecule has 166 valence electrons. The molecule has 1 aromatic rings. The van der Waals surface area contributed by atoms with Crippen LogP contribution in [0.3, 0.4) is 0 Å². The highest BCUT2D eigenvalue weighted by molar-refractivity contribution is 7.90. The number of allylic oxidation sites excluding steroid dienone is 1. The highest BCUT2D eigenvalue weighted by Gasteiger charge is 2.49. The Morgan fingerprint density at radius 3 is 2.69 bits per heavy atom. The number of hydrogen-bond acceptors (Lipinski definition) is 5. The fraction of sp³-hybridized carbons (Fsp3) is 0.455. The van der Waals surface area contributed by atoms with Crippen LogP contribution in [0.4, 0.5) is 4.79 Å². The van der Waals surface area contributed by atoms with Crippen LogP contribution in [0.25, 0.3) is 0 Å². The van der Waals surface area contributed by atoms with Gasteiger partial charge in [0.05, 0.1) is 18.3 Å². The molecule has 1 N–H and O–H groups in total. The van der Waals surface area contributed by atoms with Gasteiger partial charge in [0.25, 0.3) is 0 Å². The maximum Gasteiger partial charge on any atom is 0.501 e. The first-order chi connectivity index (χ1) is 15.2. The normalized spacial score (nSPS) is 24.3. The molecule has 0 bridgehead atoms. The number of rotatable bonds is 7. The molecule has 3 amide bonds. The van der Waals surface area contributed by atoms with Gasteiger partial charge in [-0.1, -0.05) is 12.0 Å². The lowest BCUT2D eigenvalue weighted by atomic mass is 9.99. The summed E-state index contributed by atoms with van der Waals surface area (Å²) in [4.78, 5) is 27.7. The van der Waals surface area contributed by atoms with Gasteiger partial charge in [-0.2, -0.15) is 24.1 Å². The molecule has 1 unspecified atom stereocenters. The molecule has 4 aliphatic rings. The Labute approximate surface area is 186 Å². The molecule has 1 atom stereocenters. The van der Waals surface area contributed by atoms with E-state index in [-0.39, 0.29) is 12.1 Å². The summed E-state index contributed by atoms with van der Waals surface area (Å²) in [6, 6.07) is -0.397. The summed E-state index contributed by atoms with van der Waals surface area (Å²) >= 11 is 0. The molecule has 0 spiro atoms. The molecule has 3 aliphatic carbocycles. The number of nitrogens with zero attached hydrogens (tertiary/aromatic N) is 4. The van der Waals surface area contributed by atoms with E-state index in [9.17, 15) is 18.0 Å². The van der Waals surface area contributed by atoms with Crippen LogP contribution in [-0.4, -0.2) is 62.7 Å². The van der Waals surface area contributed by atoms with Crippen molar-refractivity contribution in [3.63, 3.8) is 0 Å². The molecular formula is C22H24N5O4S+. The number of nitrogens with one attached hydrogen (secondary N) is 1. The zero-order chi connectivity index (χ0) is 22.7. The minimum absolute atomic E-state index is 0.0663. The van der Waals surface area contributed by atoms with E-state index in [0.29, 0.717) is 36.6 Å². The van der Waals surface area contributed by atoms with Gasteiger partial charge in [0.2, 0.25) is 10.0 Å².